The van der Waals surface area contributed by atoms with E-state index < -0.39 is 0 Å². The van der Waals surface area contributed by atoms with Crippen LogP contribution in [0.5, 0.6) is 0 Å². The van der Waals surface area contributed by atoms with Gasteiger partial charge in [0, 0.05) is 20.1 Å². The highest BCUT2D eigenvalue weighted by atomic mass is 16.7. The molecule has 1 aliphatic rings. The highest BCUT2D eigenvalue weighted by Gasteiger charge is 2.62. The van der Waals surface area contributed by atoms with Crippen LogP contribution in [0.3, 0.4) is 0 Å². The molecule has 0 N–H and O–H groups in total. The Hall–Kier alpha value is -0.590. The predicted octanol–water partition coefficient (Wildman–Crippen LogP) is 1.40. The van der Waals surface area contributed by atoms with Gasteiger partial charge < -0.3 is 9.47 Å². The first-order valence-corrected chi connectivity index (χ1v) is 4.04. The zero-order valence-electron chi connectivity index (χ0n) is 8.00. The Balaban J connectivity index is 2.63. The molecule has 0 radical (unpaired) electrons. The van der Waals surface area contributed by atoms with Gasteiger partial charge in [0.2, 0.25) is 0 Å². The van der Waals surface area contributed by atoms with Crippen LogP contribution in [0, 0.1) is 28.6 Å². The van der Waals surface area contributed by atoms with E-state index in [1.807, 2.05) is 0 Å². The van der Waals surface area contributed by atoms with Crippen LogP contribution in [0.1, 0.15) is 13.8 Å². The summed E-state index contributed by atoms with van der Waals surface area (Å²) < 4.78 is 10.2. The summed E-state index contributed by atoms with van der Waals surface area (Å²) in [5.41, 5.74) is 0.0471. The maximum Gasteiger partial charge on any atom is 0.161 e. The fourth-order valence-corrected chi connectivity index (χ4v) is 1.82. The zero-order valence-corrected chi connectivity index (χ0v) is 8.00. The van der Waals surface area contributed by atoms with Gasteiger partial charge in [0.05, 0.1) is 12.0 Å². The summed E-state index contributed by atoms with van der Waals surface area (Å²) >= 11 is 0. The third-order valence-corrected chi connectivity index (χ3v) is 2.81. The number of nitriles is 1. The van der Waals surface area contributed by atoms with Crippen molar-refractivity contribution in [3.8, 4) is 6.07 Å². The predicted molar refractivity (Wildman–Crippen MR) is 44.2 cm³/mol. The Labute approximate surface area is 73.3 Å². The van der Waals surface area contributed by atoms with E-state index in [0.29, 0.717) is 0 Å². The molecule has 3 nitrogen and oxygen atoms in total. The molecule has 3 heteroatoms. The number of hydrogen-bond donors (Lipinski definition) is 0. The Morgan fingerprint density at radius 1 is 1.33 bits per heavy atom. The van der Waals surface area contributed by atoms with Crippen LogP contribution in [0.4, 0.5) is 0 Å². The van der Waals surface area contributed by atoms with Crippen LogP contribution in [0.25, 0.3) is 0 Å². The molecule has 2 atom stereocenters. The summed E-state index contributed by atoms with van der Waals surface area (Å²) in [6, 6.07) is 2.27. The second-order valence-corrected chi connectivity index (χ2v) is 3.79. The van der Waals surface area contributed by atoms with Gasteiger partial charge in [-0.1, -0.05) is 13.8 Å². The van der Waals surface area contributed by atoms with Crippen molar-refractivity contribution in [1.29, 1.82) is 5.26 Å². The topological polar surface area (TPSA) is 42.2 Å². The first kappa shape index (κ1) is 9.50. The fourth-order valence-electron chi connectivity index (χ4n) is 1.82. The first-order chi connectivity index (χ1) is 5.59. The van der Waals surface area contributed by atoms with E-state index in [-0.39, 0.29) is 23.5 Å². The lowest BCUT2D eigenvalue weighted by Gasteiger charge is -2.13. The molecule has 0 amide bonds. The lowest BCUT2D eigenvalue weighted by molar-refractivity contribution is -0.122. The zero-order chi connectivity index (χ0) is 9.35. The Kier molecular flexibility index (Phi) is 2.41. The van der Waals surface area contributed by atoms with E-state index >= 15 is 0 Å². The molecule has 0 aliphatic heterocycles. The number of rotatable bonds is 3. The summed E-state index contributed by atoms with van der Waals surface area (Å²) in [5, 5.41) is 8.79. The largest absolute Gasteiger partial charge is 0.356 e. The second-order valence-electron chi connectivity index (χ2n) is 3.79. The monoisotopic (exact) mass is 169 g/mol. The quantitative estimate of drug-likeness (QED) is 0.600. The van der Waals surface area contributed by atoms with Gasteiger partial charge in [-0.25, -0.2) is 0 Å². The van der Waals surface area contributed by atoms with Crippen molar-refractivity contribution in [2.24, 2.45) is 17.3 Å². The molecule has 1 aliphatic carbocycles. The minimum atomic E-state index is -0.232. The summed E-state index contributed by atoms with van der Waals surface area (Å²) in [4.78, 5) is 0. The standard InChI is InChI=1S/C9H15NO2/c1-9(2)6(5-10)7(9)8(11-3)12-4/h6-8H,1-4H3/t6-,7+/m0/s1. The van der Waals surface area contributed by atoms with Crippen molar-refractivity contribution in [3.63, 3.8) is 0 Å². The normalized spacial score (nSPS) is 31.7. The van der Waals surface area contributed by atoms with Crippen LogP contribution >= 0.6 is 0 Å². The third kappa shape index (κ3) is 1.21. The summed E-state index contributed by atoms with van der Waals surface area (Å²) in [6.07, 6.45) is -0.232. The number of nitrogens with zero attached hydrogens (tertiary/aromatic N) is 1. The Bertz CT molecular complexity index is 203. The van der Waals surface area contributed by atoms with Crippen molar-refractivity contribution >= 4 is 0 Å². The highest BCUT2D eigenvalue weighted by Crippen LogP contribution is 2.60. The van der Waals surface area contributed by atoms with Crippen molar-refractivity contribution in [3.05, 3.63) is 0 Å². The second kappa shape index (κ2) is 3.04. The first-order valence-electron chi connectivity index (χ1n) is 4.04. The van der Waals surface area contributed by atoms with E-state index in [9.17, 15) is 0 Å². The molecule has 0 aromatic rings. The average Bonchev–Trinajstić information content (AvgIpc) is 2.57. The van der Waals surface area contributed by atoms with E-state index in [0.717, 1.165) is 0 Å². The van der Waals surface area contributed by atoms with Gasteiger partial charge in [-0.3, -0.25) is 0 Å². The molecule has 1 saturated carbocycles. The minimum Gasteiger partial charge on any atom is -0.356 e. The van der Waals surface area contributed by atoms with E-state index in [2.05, 4.69) is 19.9 Å². The van der Waals surface area contributed by atoms with Gasteiger partial charge in [-0.15, -0.1) is 0 Å². The van der Waals surface area contributed by atoms with E-state index in [1.165, 1.54) is 0 Å². The van der Waals surface area contributed by atoms with Crippen molar-refractivity contribution in [2.45, 2.75) is 20.1 Å². The van der Waals surface area contributed by atoms with Gasteiger partial charge in [-0.05, 0) is 5.41 Å². The molecule has 68 valence electrons. The molecule has 0 aromatic heterocycles. The number of methoxy groups -OCH3 is 2. The third-order valence-electron chi connectivity index (χ3n) is 2.81. The maximum absolute atomic E-state index is 8.79. The molecule has 12 heavy (non-hydrogen) atoms. The van der Waals surface area contributed by atoms with Gasteiger partial charge >= 0.3 is 0 Å². The van der Waals surface area contributed by atoms with Crippen molar-refractivity contribution in [1.82, 2.24) is 0 Å². The molecule has 1 fully saturated rings. The Morgan fingerprint density at radius 2 is 1.83 bits per heavy atom. The molecular weight excluding hydrogens is 154 g/mol. The Morgan fingerprint density at radius 3 is 2.08 bits per heavy atom. The van der Waals surface area contributed by atoms with Gasteiger partial charge in [0.15, 0.2) is 6.29 Å². The van der Waals surface area contributed by atoms with E-state index in [1.54, 1.807) is 14.2 Å². The molecule has 0 bridgehead atoms. The van der Waals surface area contributed by atoms with Crippen LogP contribution < -0.4 is 0 Å². The summed E-state index contributed by atoms with van der Waals surface area (Å²) in [5.74, 6) is 0.292. The average molecular weight is 169 g/mol. The van der Waals surface area contributed by atoms with Gasteiger partial charge in [0.1, 0.15) is 0 Å². The van der Waals surface area contributed by atoms with Crippen LogP contribution in [0.15, 0.2) is 0 Å². The summed E-state index contributed by atoms with van der Waals surface area (Å²) in [6.45, 7) is 4.13. The van der Waals surface area contributed by atoms with Crippen molar-refractivity contribution < 1.29 is 9.47 Å². The lowest BCUT2D eigenvalue weighted by atomic mass is 10.1. The number of hydrogen-bond acceptors (Lipinski definition) is 3. The van der Waals surface area contributed by atoms with Crippen LogP contribution in [0.2, 0.25) is 0 Å². The summed E-state index contributed by atoms with van der Waals surface area (Å²) in [7, 11) is 3.22. The van der Waals surface area contributed by atoms with Crippen LogP contribution in [-0.2, 0) is 9.47 Å². The molecule has 0 aromatic carbocycles. The van der Waals surface area contributed by atoms with Gasteiger partial charge in [0.25, 0.3) is 0 Å². The minimum absolute atomic E-state index is 0.0471. The molecule has 0 unspecified atom stereocenters. The number of ether oxygens (including phenoxy) is 2. The fraction of sp³-hybridized carbons (Fsp3) is 0.889. The molecular formula is C9H15NO2. The molecule has 0 heterocycles. The van der Waals surface area contributed by atoms with Crippen LogP contribution in [-0.4, -0.2) is 20.5 Å². The van der Waals surface area contributed by atoms with Gasteiger partial charge in [-0.2, -0.15) is 5.26 Å². The lowest BCUT2D eigenvalue weighted by Crippen LogP contribution is -2.18. The molecule has 0 saturated heterocycles. The smallest absolute Gasteiger partial charge is 0.161 e. The van der Waals surface area contributed by atoms with Crippen molar-refractivity contribution in [2.75, 3.05) is 14.2 Å². The molecule has 0 spiro atoms. The van der Waals surface area contributed by atoms with E-state index in [4.69, 9.17) is 14.7 Å². The molecule has 1 rings (SSSR count). The maximum atomic E-state index is 8.79. The highest BCUT2D eigenvalue weighted by molar-refractivity contribution is 5.16. The SMILES string of the molecule is COC(OC)[C@H]1[C@H](C#N)C1(C)C.